The van der Waals surface area contributed by atoms with Gasteiger partial charge in [0.2, 0.25) is 0 Å². The number of nitrogens with one attached hydrogen (secondary N) is 1. The van der Waals surface area contributed by atoms with Crippen LogP contribution in [0.2, 0.25) is 0 Å². The topological polar surface area (TPSA) is 56.0 Å². The van der Waals surface area contributed by atoms with Gasteiger partial charge in [-0.05, 0) is 36.6 Å². The lowest BCUT2D eigenvalue weighted by Gasteiger charge is -2.35. The van der Waals surface area contributed by atoms with E-state index in [0.717, 1.165) is 25.7 Å². The molecule has 20 heavy (non-hydrogen) atoms. The first-order valence-electron chi connectivity index (χ1n) is 7.19. The van der Waals surface area contributed by atoms with Crippen LogP contribution in [0, 0.1) is 22.6 Å². The fraction of sp³-hybridized carbons (Fsp3) is 0.562. The molecule has 1 fully saturated rings. The van der Waals surface area contributed by atoms with Gasteiger partial charge in [0.1, 0.15) is 5.82 Å². The number of hydrogen-bond donors (Lipinski definition) is 2. The summed E-state index contributed by atoms with van der Waals surface area (Å²) in [6.07, 6.45) is 5.62. The van der Waals surface area contributed by atoms with E-state index in [1.165, 1.54) is 24.6 Å². The largest absolute Gasteiger partial charge is 0.396 e. The molecule has 0 aliphatic heterocycles. The van der Waals surface area contributed by atoms with Gasteiger partial charge in [-0.2, -0.15) is 5.26 Å². The van der Waals surface area contributed by atoms with Crippen molar-refractivity contribution in [2.24, 2.45) is 5.41 Å². The van der Waals surface area contributed by atoms with Crippen LogP contribution < -0.4 is 5.32 Å². The molecule has 1 aromatic rings. The fourth-order valence-corrected chi connectivity index (χ4v) is 2.97. The first-order valence-corrected chi connectivity index (χ1v) is 7.19. The van der Waals surface area contributed by atoms with Crippen molar-refractivity contribution in [1.82, 2.24) is 5.32 Å². The SMILES string of the molecule is N#Cc1ccc(F)cc1CNCC1(CO)CCCCC1. The number of benzene rings is 1. The molecule has 0 unspecified atom stereocenters. The number of aliphatic hydroxyl groups is 1. The second-order valence-corrected chi connectivity index (χ2v) is 5.74. The van der Waals surface area contributed by atoms with Crippen LogP contribution in [0.1, 0.15) is 43.2 Å². The summed E-state index contributed by atoms with van der Waals surface area (Å²) in [6.45, 7) is 1.36. The summed E-state index contributed by atoms with van der Waals surface area (Å²) in [5.74, 6) is -0.324. The predicted octanol–water partition coefficient (Wildman–Crippen LogP) is 2.73. The molecule has 0 bridgehead atoms. The van der Waals surface area contributed by atoms with Crippen molar-refractivity contribution in [3.63, 3.8) is 0 Å². The van der Waals surface area contributed by atoms with Gasteiger partial charge in [0.05, 0.1) is 11.6 Å². The zero-order chi connectivity index (χ0) is 14.4. The Morgan fingerprint density at radius 1 is 1.30 bits per heavy atom. The zero-order valence-corrected chi connectivity index (χ0v) is 11.7. The van der Waals surface area contributed by atoms with E-state index < -0.39 is 0 Å². The van der Waals surface area contributed by atoms with E-state index >= 15 is 0 Å². The van der Waals surface area contributed by atoms with Crippen LogP contribution in [0.3, 0.4) is 0 Å². The first-order chi connectivity index (χ1) is 9.69. The van der Waals surface area contributed by atoms with Crippen LogP contribution in [0.4, 0.5) is 4.39 Å². The Bertz CT molecular complexity index is 490. The van der Waals surface area contributed by atoms with E-state index in [9.17, 15) is 9.50 Å². The van der Waals surface area contributed by atoms with Crippen LogP contribution in [-0.4, -0.2) is 18.3 Å². The highest BCUT2D eigenvalue weighted by molar-refractivity contribution is 5.37. The molecular weight excluding hydrogens is 255 g/mol. The third kappa shape index (κ3) is 3.56. The van der Waals surface area contributed by atoms with Gasteiger partial charge in [0.15, 0.2) is 0 Å². The Balaban J connectivity index is 1.95. The second-order valence-electron chi connectivity index (χ2n) is 5.74. The van der Waals surface area contributed by atoms with Crippen LogP contribution in [0.25, 0.3) is 0 Å². The summed E-state index contributed by atoms with van der Waals surface area (Å²) in [4.78, 5) is 0. The predicted molar refractivity (Wildman–Crippen MR) is 75.4 cm³/mol. The quantitative estimate of drug-likeness (QED) is 0.869. The third-order valence-corrected chi connectivity index (χ3v) is 4.25. The summed E-state index contributed by atoms with van der Waals surface area (Å²) in [6, 6.07) is 6.29. The van der Waals surface area contributed by atoms with Crippen LogP contribution in [0.5, 0.6) is 0 Å². The Labute approximate surface area is 119 Å². The number of nitrogens with zero attached hydrogens (tertiary/aromatic N) is 1. The molecule has 0 atom stereocenters. The van der Waals surface area contributed by atoms with Crippen molar-refractivity contribution in [3.05, 3.63) is 35.1 Å². The third-order valence-electron chi connectivity index (χ3n) is 4.25. The molecular formula is C16H21FN2O. The van der Waals surface area contributed by atoms with E-state index in [2.05, 4.69) is 11.4 Å². The van der Waals surface area contributed by atoms with Gasteiger partial charge in [-0.25, -0.2) is 4.39 Å². The van der Waals surface area contributed by atoms with Crippen molar-refractivity contribution < 1.29 is 9.50 Å². The van der Waals surface area contributed by atoms with E-state index in [1.54, 1.807) is 0 Å². The van der Waals surface area contributed by atoms with Gasteiger partial charge in [-0.15, -0.1) is 0 Å². The van der Waals surface area contributed by atoms with Crippen molar-refractivity contribution in [2.45, 2.75) is 38.6 Å². The van der Waals surface area contributed by atoms with Crippen LogP contribution >= 0.6 is 0 Å². The van der Waals surface area contributed by atoms with Gasteiger partial charge in [0.25, 0.3) is 0 Å². The highest BCUT2D eigenvalue weighted by Gasteiger charge is 2.30. The normalized spacial score (nSPS) is 17.6. The standard InChI is InChI=1S/C16H21FN2O/c17-15-5-4-13(9-18)14(8-15)10-19-11-16(12-20)6-2-1-3-7-16/h4-5,8,19-20H,1-3,6-7,10-12H2. The molecule has 1 aliphatic rings. The van der Waals surface area contributed by atoms with E-state index in [-0.39, 0.29) is 17.8 Å². The smallest absolute Gasteiger partial charge is 0.123 e. The average Bonchev–Trinajstić information content (AvgIpc) is 2.48. The minimum Gasteiger partial charge on any atom is -0.396 e. The molecule has 4 heteroatoms. The maximum atomic E-state index is 13.2. The Kier molecular flexibility index (Phi) is 5.11. The summed E-state index contributed by atoms with van der Waals surface area (Å²) in [7, 11) is 0. The minimum absolute atomic E-state index is 0.0433. The molecule has 0 heterocycles. The number of nitriles is 1. The van der Waals surface area contributed by atoms with Crippen molar-refractivity contribution in [2.75, 3.05) is 13.2 Å². The lowest BCUT2D eigenvalue weighted by Crippen LogP contribution is -2.38. The molecule has 1 aromatic carbocycles. The van der Waals surface area contributed by atoms with Crippen molar-refractivity contribution in [3.8, 4) is 6.07 Å². The molecule has 3 nitrogen and oxygen atoms in total. The number of hydrogen-bond acceptors (Lipinski definition) is 3. The summed E-state index contributed by atoms with van der Waals surface area (Å²) >= 11 is 0. The fourth-order valence-electron chi connectivity index (χ4n) is 2.97. The van der Waals surface area contributed by atoms with Gasteiger partial charge >= 0.3 is 0 Å². The molecule has 0 spiro atoms. The maximum absolute atomic E-state index is 13.2. The average molecular weight is 276 g/mol. The monoisotopic (exact) mass is 276 g/mol. The Morgan fingerprint density at radius 2 is 2.05 bits per heavy atom. The second kappa shape index (κ2) is 6.83. The molecule has 108 valence electrons. The molecule has 0 amide bonds. The lowest BCUT2D eigenvalue weighted by molar-refractivity contribution is 0.0810. The highest BCUT2D eigenvalue weighted by Crippen LogP contribution is 2.35. The number of aliphatic hydroxyl groups excluding tert-OH is 1. The molecule has 0 radical (unpaired) electrons. The highest BCUT2D eigenvalue weighted by atomic mass is 19.1. The lowest BCUT2D eigenvalue weighted by atomic mass is 9.74. The number of rotatable bonds is 5. The van der Waals surface area contributed by atoms with Gasteiger partial charge in [-0.1, -0.05) is 19.3 Å². The first kappa shape index (κ1) is 15.0. The molecule has 2 N–H and O–H groups in total. The summed E-state index contributed by atoms with van der Waals surface area (Å²) in [5.41, 5.74) is 1.13. The van der Waals surface area contributed by atoms with Gasteiger partial charge < -0.3 is 10.4 Å². The van der Waals surface area contributed by atoms with E-state index in [1.807, 2.05) is 0 Å². The minimum atomic E-state index is -0.324. The summed E-state index contributed by atoms with van der Waals surface area (Å²) < 4.78 is 13.2. The molecule has 1 saturated carbocycles. The zero-order valence-electron chi connectivity index (χ0n) is 11.7. The number of halogens is 1. The van der Waals surface area contributed by atoms with Gasteiger partial charge in [0, 0.05) is 25.1 Å². The molecule has 0 saturated heterocycles. The van der Waals surface area contributed by atoms with Crippen molar-refractivity contribution >= 4 is 0 Å². The van der Waals surface area contributed by atoms with E-state index in [0.29, 0.717) is 24.2 Å². The van der Waals surface area contributed by atoms with Crippen LogP contribution in [0.15, 0.2) is 18.2 Å². The van der Waals surface area contributed by atoms with Crippen LogP contribution in [-0.2, 0) is 6.54 Å². The summed E-state index contributed by atoms with van der Waals surface area (Å²) in [5, 5.41) is 21.9. The maximum Gasteiger partial charge on any atom is 0.123 e. The Morgan fingerprint density at radius 3 is 2.70 bits per heavy atom. The van der Waals surface area contributed by atoms with E-state index in [4.69, 9.17) is 5.26 Å². The van der Waals surface area contributed by atoms with Gasteiger partial charge in [-0.3, -0.25) is 0 Å². The molecule has 2 rings (SSSR count). The molecule has 0 aromatic heterocycles. The van der Waals surface area contributed by atoms with Crippen molar-refractivity contribution in [1.29, 1.82) is 5.26 Å². The Hall–Kier alpha value is -1.44. The molecule has 1 aliphatic carbocycles.